The van der Waals surface area contributed by atoms with Crippen molar-refractivity contribution in [1.82, 2.24) is 4.90 Å². The van der Waals surface area contributed by atoms with E-state index in [-0.39, 0.29) is 5.82 Å². The molecule has 1 aliphatic rings. The normalized spacial score (nSPS) is 17.9. The van der Waals surface area contributed by atoms with Gasteiger partial charge in [0.15, 0.2) is 0 Å². The first kappa shape index (κ1) is 16.0. The third kappa shape index (κ3) is 4.55. The van der Waals surface area contributed by atoms with Crippen LogP contribution < -0.4 is 5.46 Å². The second-order valence-electron chi connectivity index (χ2n) is 4.93. The van der Waals surface area contributed by atoms with Gasteiger partial charge in [0.05, 0.1) is 0 Å². The Morgan fingerprint density at radius 1 is 1.30 bits per heavy atom. The molecule has 0 spiro atoms. The van der Waals surface area contributed by atoms with Crippen LogP contribution in [0.4, 0.5) is 4.39 Å². The molecule has 0 amide bonds. The van der Waals surface area contributed by atoms with Crippen molar-refractivity contribution >= 4 is 28.5 Å². The van der Waals surface area contributed by atoms with Gasteiger partial charge in [0.25, 0.3) is 0 Å². The van der Waals surface area contributed by atoms with E-state index < -0.39 is 7.12 Å². The average molecular weight is 344 g/mol. The van der Waals surface area contributed by atoms with Gasteiger partial charge in [-0.2, -0.15) is 0 Å². The van der Waals surface area contributed by atoms with Gasteiger partial charge in [0, 0.05) is 36.2 Å². The molecule has 110 valence electrons. The molecule has 1 fully saturated rings. The number of benzene rings is 1. The Morgan fingerprint density at radius 2 is 2.00 bits per heavy atom. The lowest BCUT2D eigenvalue weighted by Gasteiger charge is -2.27. The van der Waals surface area contributed by atoms with E-state index in [0.717, 1.165) is 24.1 Å². The van der Waals surface area contributed by atoms with Gasteiger partial charge in [0.2, 0.25) is 0 Å². The molecule has 1 aromatic rings. The summed E-state index contributed by atoms with van der Waals surface area (Å²) < 4.78 is 26.0. The SMILES string of the molecule is CCCCN1CCOB(c2ccc(Br)cc2F)OCC1. The summed E-state index contributed by atoms with van der Waals surface area (Å²) in [5.41, 5.74) is 0.468. The summed E-state index contributed by atoms with van der Waals surface area (Å²) >= 11 is 3.25. The van der Waals surface area contributed by atoms with E-state index in [2.05, 4.69) is 27.8 Å². The molecular formula is C14H20BBrFNO2. The van der Waals surface area contributed by atoms with Crippen molar-refractivity contribution in [3.8, 4) is 0 Å². The fraction of sp³-hybridized carbons (Fsp3) is 0.571. The molecule has 1 saturated heterocycles. The topological polar surface area (TPSA) is 21.7 Å². The molecule has 1 heterocycles. The van der Waals surface area contributed by atoms with E-state index in [0.29, 0.717) is 18.7 Å². The van der Waals surface area contributed by atoms with Crippen LogP contribution in [0, 0.1) is 5.82 Å². The lowest BCUT2D eigenvalue weighted by molar-refractivity contribution is 0.115. The maximum Gasteiger partial charge on any atom is 0.496 e. The average Bonchev–Trinajstić information content (AvgIpc) is 2.39. The summed E-state index contributed by atoms with van der Waals surface area (Å²) in [4.78, 5) is 2.33. The highest BCUT2D eigenvalue weighted by molar-refractivity contribution is 9.10. The zero-order valence-corrected chi connectivity index (χ0v) is 13.4. The molecule has 0 aliphatic carbocycles. The number of unbranched alkanes of at least 4 members (excludes halogenated alkanes) is 1. The van der Waals surface area contributed by atoms with E-state index in [1.807, 2.05) is 0 Å². The van der Waals surface area contributed by atoms with Crippen molar-refractivity contribution < 1.29 is 13.7 Å². The molecule has 0 bridgehead atoms. The summed E-state index contributed by atoms with van der Waals surface area (Å²) in [7, 11) is -0.601. The molecule has 0 radical (unpaired) electrons. The van der Waals surface area contributed by atoms with E-state index in [9.17, 15) is 4.39 Å². The van der Waals surface area contributed by atoms with Crippen LogP contribution >= 0.6 is 15.9 Å². The summed E-state index contributed by atoms with van der Waals surface area (Å²) in [6.45, 7) is 6.12. The largest absolute Gasteiger partial charge is 0.496 e. The Morgan fingerprint density at radius 3 is 2.60 bits per heavy atom. The minimum absolute atomic E-state index is 0.298. The van der Waals surface area contributed by atoms with Crippen LogP contribution in [0.3, 0.4) is 0 Å². The molecule has 1 aromatic carbocycles. The molecule has 1 aliphatic heterocycles. The Bertz CT molecular complexity index is 426. The molecule has 0 unspecified atom stereocenters. The van der Waals surface area contributed by atoms with E-state index >= 15 is 0 Å². The van der Waals surface area contributed by atoms with Crippen molar-refractivity contribution in [2.45, 2.75) is 19.8 Å². The van der Waals surface area contributed by atoms with Gasteiger partial charge in [-0.05, 0) is 25.1 Å². The minimum Gasteiger partial charge on any atom is -0.406 e. The van der Waals surface area contributed by atoms with Crippen LogP contribution in [-0.4, -0.2) is 44.9 Å². The van der Waals surface area contributed by atoms with Crippen LogP contribution in [-0.2, 0) is 9.31 Å². The molecule has 2 rings (SSSR count). The van der Waals surface area contributed by atoms with Crippen LogP contribution in [0.1, 0.15) is 19.8 Å². The molecule has 3 nitrogen and oxygen atoms in total. The highest BCUT2D eigenvalue weighted by atomic mass is 79.9. The predicted octanol–water partition coefficient (Wildman–Crippen LogP) is 2.43. The highest BCUT2D eigenvalue weighted by Crippen LogP contribution is 2.11. The second kappa shape index (κ2) is 8.12. The zero-order chi connectivity index (χ0) is 14.4. The molecule has 0 saturated carbocycles. The fourth-order valence-corrected chi connectivity index (χ4v) is 2.55. The number of nitrogens with zero attached hydrogens (tertiary/aromatic N) is 1. The lowest BCUT2D eigenvalue weighted by Crippen LogP contribution is -2.45. The molecule has 0 atom stereocenters. The van der Waals surface area contributed by atoms with Crippen LogP contribution in [0.15, 0.2) is 22.7 Å². The minimum atomic E-state index is -0.601. The maximum absolute atomic E-state index is 13.9. The van der Waals surface area contributed by atoms with Crippen molar-refractivity contribution in [1.29, 1.82) is 0 Å². The van der Waals surface area contributed by atoms with Crippen LogP contribution in [0.5, 0.6) is 0 Å². The maximum atomic E-state index is 13.9. The predicted molar refractivity (Wildman–Crippen MR) is 82.7 cm³/mol. The Labute approximate surface area is 128 Å². The van der Waals surface area contributed by atoms with E-state index in [1.54, 1.807) is 12.1 Å². The first-order valence-corrected chi connectivity index (χ1v) is 7.90. The number of hydrogen-bond donors (Lipinski definition) is 0. The summed E-state index contributed by atoms with van der Waals surface area (Å²) in [6, 6.07) is 4.95. The molecular weight excluding hydrogens is 324 g/mol. The number of rotatable bonds is 4. The lowest BCUT2D eigenvalue weighted by atomic mass is 9.78. The van der Waals surface area contributed by atoms with Crippen molar-refractivity contribution in [2.24, 2.45) is 0 Å². The van der Waals surface area contributed by atoms with Gasteiger partial charge in [-0.1, -0.05) is 35.3 Å². The number of hydrogen-bond acceptors (Lipinski definition) is 3. The van der Waals surface area contributed by atoms with Gasteiger partial charge in [-0.25, -0.2) is 4.39 Å². The van der Waals surface area contributed by atoms with Gasteiger partial charge >= 0.3 is 7.12 Å². The van der Waals surface area contributed by atoms with E-state index in [1.165, 1.54) is 18.9 Å². The van der Waals surface area contributed by atoms with Crippen molar-refractivity contribution in [2.75, 3.05) is 32.8 Å². The monoisotopic (exact) mass is 343 g/mol. The summed E-state index contributed by atoms with van der Waals surface area (Å²) in [6.07, 6.45) is 2.37. The molecule has 6 heteroatoms. The second-order valence-corrected chi connectivity index (χ2v) is 5.85. The van der Waals surface area contributed by atoms with Gasteiger partial charge in [-0.3, -0.25) is 4.90 Å². The number of halogens is 2. The standard InChI is InChI=1S/C14H20BBrFNO2/c1-2-3-6-18-7-9-19-15(20-10-8-18)13-5-4-12(16)11-14(13)17/h4-5,11H,2-3,6-10H2,1H3. The van der Waals surface area contributed by atoms with E-state index in [4.69, 9.17) is 9.31 Å². The summed E-state index contributed by atoms with van der Waals surface area (Å²) in [5, 5.41) is 0. The Hall–Kier alpha value is -0.425. The first-order chi connectivity index (χ1) is 9.70. The third-order valence-corrected chi connectivity index (χ3v) is 3.89. The van der Waals surface area contributed by atoms with Gasteiger partial charge in [-0.15, -0.1) is 0 Å². The van der Waals surface area contributed by atoms with Crippen molar-refractivity contribution in [3.05, 3.63) is 28.5 Å². The fourth-order valence-electron chi connectivity index (χ4n) is 2.22. The third-order valence-electron chi connectivity index (χ3n) is 3.40. The van der Waals surface area contributed by atoms with Gasteiger partial charge < -0.3 is 9.31 Å². The molecule has 0 N–H and O–H groups in total. The highest BCUT2D eigenvalue weighted by Gasteiger charge is 2.27. The van der Waals surface area contributed by atoms with Crippen molar-refractivity contribution in [3.63, 3.8) is 0 Å². The molecule has 20 heavy (non-hydrogen) atoms. The van der Waals surface area contributed by atoms with Crippen LogP contribution in [0.2, 0.25) is 0 Å². The Kier molecular flexibility index (Phi) is 6.48. The molecule has 0 aromatic heterocycles. The zero-order valence-electron chi connectivity index (χ0n) is 11.8. The Balaban J connectivity index is 1.93. The smallest absolute Gasteiger partial charge is 0.406 e. The van der Waals surface area contributed by atoms with Crippen LogP contribution in [0.25, 0.3) is 0 Å². The first-order valence-electron chi connectivity index (χ1n) is 7.11. The quantitative estimate of drug-likeness (QED) is 0.784. The summed E-state index contributed by atoms with van der Waals surface area (Å²) in [5.74, 6) is -0.298. The van der Waals surface area contributed by atoms with Gasteiger partial charge in [0.1, 0.15) is 5.82 Å².